The van der Waals surface area contributed by atoms with E-state index in [0.29, 0.717) is 16.0 Å². The number of halogens is 3. The van der Waals surface area contributed by atoms with Gasteiger partial charge in [-0.25, -0.2) is 9.97 Å². The number of hydrogen-bond donors (Lipinski definition) is 2. The van der Waals surface area contributed by atoms with Gasteiger partial charge in [-0.3, -0.25) is 10.1 Å². The Morgan fingerprint density at radius 1 is 1.08 bits per heavy atom. The lowest BCUT2D eigenvalue weighted by atomic mass is 10.3. The van der Waals surface area contributed by atoms with E-state index in [1.54, 1.807) is 5.38 Å². The Labute approximate surface area is 153 Å². The first kappa shape index (κ1) is 18.1. The molecule has 1 aromatic carbocycles. The molecule has 3 aromatic rings. The summed E-state index contributed by atoms with van der Waals surface area (Å²) in [5.74, 6) is -0.710. The van der Waals surface area contributed by atoms with Gasteiger partial charge in [-0.05, 0) is 31.2 Å². The molecule has 0 unspecified atom stereocenters. The molecule has 6 nitrogen and oxygen atoms in total. The fourth-order valence-corrected chi connectivity index (χ4v) is 3.27. The lowest BCUT2D eigenvalue weighted by molar-refractivity contribution is -0.274. The van der Waals surface area contributed by atoms with Crippen LogP contribution in [0.5, 0.6) is 5.75 Å². The number of thiazole rings is 2. The van der Waals surface area contributed by atoms with Crippen LogP contribution in [-0.2, 0) is 0 Å². The van der Waals surface area contributed by atoms with Crippen LogP contribution in [0.15, 0.2) is 35.0 Å². The number of hydrogen-bond acceptors (Lipinski definition) is 7. The van der Waals surface area contributed by atoms with Crippen molar-refractivity contribution in [1.82, 2.24) is 9.97 Å². The molecule has 1 amide bonds. The first-order valence-electron chi connectivity index (χ1n) is 7.10. The standard InChI is InChI=1S/C15H11F3N4O2S2/c1-8-6-25-13(19-8)22-12(23)11-7-26-14(21-11)20-9-2-4-10(5-3-9)24-15(16,17)18/h2-7H,1H3,(H,20,21)(H,19,22,23). The van der Waals surface area contributed by atoms with Crippen molar-refractivity contribution in [1.29, 1.82) is 0 Å². The number of amides is 1. The van der Waals surface area contributed by atoms with Gasteiger partial charge in [0.05, 0.1) is 5.69 Å². The molecule has 11 heteroatoms. The minimum absolute atomic E-state index is 0.211. The molecule has 0 radical (unpaired) electrons. The fraction of sp³-hybridized carbons (Fsp3) is 0.133. The van der Waals surface area contributed by atoms with Gasteiger partial charge in [-0.15, -0.1) is 35.8 Å². The summed E-state index contributed by atoms with van der Waals surface area (Å²) in [5.41, 5.74) is 1.53. The average Bonchev–Trinajstić information content (AvgIpc) is 3.17. The molecule has 0 spiro atoms. The highest BCUT2D eigenvalue weighted by Crippen LogP contribution is 2.26. The smallest absolute Gasteiger partial charge is 0.406 e. The normalized spacial score (nSPS) is 11.2. The average molecular weight is 400 g/mol. The molecule has 2 heterocycles. The summed E-state index contributed by atoms with van der Waals surface area (Å²) >= 11 is 2.50. The van der Waals surface area contributed by atoms with Crippen LogP contribution in [0.3, 0.4) is 0 Å². The van der Waals surface area contributed by atoms with Crippen molar-refractivity contribution < 1.29 is 22.7 Å². The first-order valence-corrected chi connectivity index (χ1v) is 8.86. The molecule has 0 atom stereocenters. The van der Waals surface area contributed by atoms with Crippen LogP contribution in [0.1, 0.15) is 16.2 Å². The maximum atomic E-state index is 12.1. The van der Waals surface area contributed by atoms with E-state index in [2.05, 4.69) is 25.3 Å². The van der Waals surface area contributed by atoms with Crippen molar-refractivity contribution >= 4 is 44.5 Å². The van der Waals surface area contributed by atoms with Crippen molar-refractivity contribution in [2.75, 3.05) is 10.6 Å². The molecule has 2 aromatic heterocycles. The largest absolute Gasteiger partial charge is 0.573 e. The second-order valence-corrected chi connectivity index (χ2v) is 6.70. The van der Waals surface area contributed by atoms with Gasteiger partial charge in [0.15, 0.2) is 10.3 Å². The fourth-order valence-electron chi connectivity index (χ4n) is 1.87. The van der Waals surface area contributed by atoms with E-state index in [0.717, 1.165) is 5.69 Å². The number of aromatic nitrogens is 2. The Bertz CT molecular complexity index is 906. The summed E-state index contributed by atoms with van der Waals surface area (Å²) in [6, 6.07) is 5.20. The number of benzene rings is 1. The zero-order valence-electron chi connectivity index (χ0n) is 13.1. The van der Waals surface area contributed by atoms with Gasteiger partial charge in [0.25, 0.3) is 5.91 Å². The topological polar surface area (TPSA) is 76.1 Å². The Hall–Kier alpha value is -2.66. The highest BCUT2D eigenvalue weighted by Gasteiger charge is 2.30. The van der Waals surface area contributed by atoms with Gasteiger partial charge >= 0.3 is 6.36 Å². The van der Waals surface area contributed by atoms with Crippen LogP contribution in [0.2, 0.25) is 0 Å². The van der Waals surface area contributed by atoms with Crippen LogP contribution >= 0.6 is 22.7 Å². The number of rotatable bonds is 5. The number of carbonyl (C=O) groups is 1. The number of aryl methyl sites for hydroxylation is 1. The van der Waals surface area contributed by atoms with Crippen LogP contribution in [0, 0.1) is 6.92 Å². The maximum Gasteiger partial charge on any atom is 0.573 e. The molecular weight excluding hydrogens is 389 g/mol. The van der Waals surface area contributed by atoms with Crippen molar-refractivity contribution in [3.05, 3.63) is 46.4 Å². The van der Waals surface area contributed by atoms with E-state index in [1.807, 2.05) is 12.3 Å². The summed E-state index contributed by atoms with van der Waals surface area (Å²) < 4.78 is 40.2. The third-order valence-corrected chi connectivity index (χ3v) is 4.55. The highest BCUT2D eigenvalue weighted by molar-refractivity contribution is 7.14. The van der Waals surface area contributed by atoms with Gasteiger partial charge in [0, 0.05) is 16.4 Å². The summed E-state index contributed by atoms with van der Waals surface area (Å²) in [5, 5.41) is 9.85. The molecule has 0 aliphatic rings. The van der Waals surface area contributed by atoms with Gasteiger partial charge in [0.1, 0.15) is 11.4 Å². The zero-order chi connectivity index (χ0) is 18.7. The van der Waals surface area contributed by atoms with E-state index in [-0.39, 0.29) is 11.4 Å². The van der Waals surface area contributed by atoms with Crippen molar-refractivity contribution in [2.24, 2.45) is 0 Å². The molecule has 0 bridgehead atoms. The van der Waals surface area contributed by atoms with Crippen LogP contribution in [0.4, 0.5) is 29.1 Å². The Morgan fingerprint density at radius 2 is 1.77 bits per heavy atom. The Kier molecular flexibility index (Phi) is 5.09. The SMILES string of the molecule is Cc1csc(NC(=O)c2csc(Nc3ccc(OC(F)(F)F)cc3)n2)n1. The number of nitrogens with zero attached hydrogens (tertiary/aromatic N) is 2. The van der Waals surface area contributed by atoms with E-state index >= 15 is 0 Å². The van der Waals surface area contributed by atoms with Crippen molar-refractivity contribution in [3.8, 4) is 5.75 Å². The number of carbonyl (C=O) groups excluding carboxylic acids is 1. The summed E-state index contributed by atoms with van der Waals surface area (Å²) in [6.45, 7) is 1.82. The molecule has 0 aliphatic carbocycles. The molecule has 26 heavy (non-hydrogen) atoms. The molecule has 0 aliphatic heterocycles. The lowest BCUT2D eigenvalue weighted by Gasteiger charge is -2.09. The zero-order valence-corrected chi connectivity index (χ0v) is 14.8. The predicted molar refractivity (Wildman–Crippen MR) is 93.3 cm³/mol. The minimum atomic E-state index is -4.73. The highest BCUT2D eigenvalue weighted by atomic mass is 32.1. The molecule has 0 fully saturated rings. The third kappa shape index (κ3) is 4.92. The van der Waals surface area contributed by atoms with Gasteiger partial charge in [0.2, 0.25) is 0 Å². The van der Waals surface area contributed by atoms with Gasteiger partial charge in [-0.2, -0.15) is 0 Å². The van der Waals surface area contributed by atoms with Gasteiger partial charge in [-0.1, -0.05) is 0 Å². The first-order chi connectivity index (χ1) is 12.3. The molecule has 0 saturated heterocycles. The number of ether oxygens (including phenoxy) is 1. The summed E-state index contributed by atoms with van der Waals surface area (Å²) in [6.07, 6.45) is -4.73. The third-order valence-electron chi connectivity index (χ3n) is 2.92. The summed E-state index contributed by atoms with van der Waals surface area (Å²) in [4.78, 5) is 20.4. The van der Waals surface area contributed by atoms with E-state index < -0.39 is 12.3 Å². The maximum absolute atomic E-state index is 12.1. The molecule has 3 rings (SSSR count). The quantitative estimate of drug-likeness (QED) is 0.643. The van der Waals surface area contributed by atoms with Crippen LogP contribution in [-0.4, -0.2) is 22.2 Å². The van der Waals surface area contributed by atoms with E-state index in [1.165, 1.54) is 46.9 Å². The molecule has 2 N–H and O–H groups in total. The van der Waals surface area contributed by atoms with E-state index in [9.17, 15) is 18.0 Å². The van der Waals surface area contributed by atoms with Gasteiger partial charge < -0.3 is 10.1 Å². The summed E-state index contributed by atoms with van der Waals surface area (Å²) in [7, 11) is 0. The van der Waals surface area contributed by atoms with E-state index in [4.69, 9.17) is 0 Å². The van der Waals surface area contributed by atoms with Crippen molar-refractivity contribution in [2.45, 2.75) is 13.3 Å². The van der Waals surface area contributed by atoms with Crippen LogP contribution < -0.4 is 15.4 Å². The number of alkyl halides is 3. The molecular formula is C15H11F3N4O2S2. The monoisotopic (exact) mass is 400 g/mol. The second kappa shape index (κ2) is 7.30. The van der Waals surface area contributed by atoms with Crippen molar-refractivity contribution in [3.63, 3.8) is 0 Å². The predicted octanol–water partition coefficient (Wildman–Crippen LogP) is 4.80. The minimum Gasteiger partial charge on any atom is -0.406 e. The Balaban J connectivity index is 1.62. The number of anilines is 3. The van der Waals surface area contributed by atoms with Crippen LogP contribution in [0.25, 0.3) is 0 Å². The molecule has 136 valence electrons. The Morgan fingerprint density at radius 3 is 2.38 bits per heavy atom. The molecule has 0 saturated carbocycles. The lowest BCUT2D eigenvalue weighted by Crippen LogP contribution is -2.16. The number of nitrogens with one attached hydrogen (secondary N) is 2. The second-order valence-electron chi connectivity index (χ2n) is 4.98.